The van der Waals surface area contributed by atoms with Crippen molar-refractivity contribution in [3.8, 4) is 11.4 Å². The molecule has 0 bridgehead atoms. The highest BCUT2D eigenvalue weighted by Gasteiger charge is 2.30. The molecule has 7 nitrogen and oxygen atoms in total. The van der Waals surface area contributed by atoms with Crippen molar-refractivity contribution in [1.29, 1.82) is 0 Å². The van der Waals surface area contributed by atoms with Crippen LogP contribution in [-0.4, -0.2) is 19.3 Å². The molecule has 0 amide bonds. The molecule has 0 aliphatic rings. The van der Waals surface area contributed by atoms with Crippen LogP contribution in [0.25, 0.3) is 21.6 Å². The van der Waals surface area contributed by atoms with E-state index in [0.29, 0.717) is 15.8 Å². The summed E-state index contributed by atoms with van der Waals surface area (Å²) in [7, 11) is 0. The predicted molar refractivity (Wildman–Crippen MR) is 120 cm³/mol. The van der Waals surface area contributed by atoms with Gasteiger partial charge in [0.25, 0.3) is 5.56 Å². The average molecular weight is 484 g/mol. The van der Waals surface area contributed by atoms with Crippen LogP contribution in [0, 0.1) is 0 Å². The Labute approximate surface area is 193 Å². The van der Waals surface area contributed by atoms with Gasteiger partial charge in [-0.15, -0.1) is 11.3 Å². The highest BCUT2D eigenvalue weighted by Crippen LogP contribution is 2.30. The Morgan fingerprint density at radius 2 is 1.65 bits per heavy atom. The largest absolute Gasteiger partial charge is 0.416 e. The average Bonchev–Trinajstić information content (AvgIpc) is 3.50. The van der Waals surface area contributed by atoms with Gasteiger partial charge < -0.3 is 4.52 Å². The molecule has 5 rings (SSSR count). The second kappa shape index (κ2) is 8.41. The molecule has 0 spiro atoms. The summed E-state index contributed by atoms with van der Waals surface area (Å²) in [5, 5.41) is 5.55. The van der Waals surface area contributed by atoms with Crippen LogP contribution in [0.15, 0.2) is 80.2 Å². The zero-order valence-corrected chi connectivity index (χ0v) is 18.1. The Hall–Kier alpha value is -3.99. The van der Waals surface area contributed by atoms with Gasteiger partial charge in [0.15, 0.2) is 0 Å². The van der Waals surface area contributed by atoms with E-state index in [-0.39, 0.29) is 30.4 Å². The van der Waals surface area contributed by atoms with Crippen molar-refractivity contribution in [2.45, 2.75) is 19.3 Å². The van der Waals surface area contributed by atoms with E-state index in [1.807, 2.05) is 30.3 Å². The first-order chi connectivity index (χ1) is 16.3. The zero-order valence-electron chi connectivity index (χ0n) is 17.3. The quantitative estimate of drug-likeness (QED) is 0.370. The van der Waals surface area contributed by atoms with Crippen LogP contribution in [0.5, 0.6) is 0 Å². The van der Waals surface area contributed by atoms with Crippen LogP contribution in [0.3, 0.4) is 0 Å². The molecule has 172 valence electrons. The van der Waals surface area contributed by atoms with Crippen molar-refractivity contribution in [3.63, 3.8) is 0 Å². The molecule has 0 saturated heterocycles. The maximum Gasteiger partial charge on any atom is 0.416 e. The number of aromatic nitrogens is 4. The van der Waals surface area contributed by atoms with Gasteiger partial charge in [-0.25, -0.2) is 4.79 Å². The van der Waals surface area contributed by atoms with Crippen LogP contribution in [-0.2, 0) is 19.3 Å². The normalized spacial score (nSPS) is 11.9. The maximum absolute atomic E-state index is 13.3. The number of alkyl halides is 3. The lowest BCUT2D eigenvalue weighted by Crippen LogP contribution is -2.40. The van der Waals surface area contributed by atoms with Crippen molar-refractivity contribution >= 4 is 21.6 Å². The van der Waals surface area contributed by atoms with Crippen LogP contribution >= 0.6 is 11.3 Å². The third-order valence-corrected chi connectivity index (χ3v) is 6.14. The number of fused-ring (bicyclic) bond motifs is 1. The number of hydrogen-bond donors (Lipinski definition) is 0. The second-order valence-corrected chi connectivity index (χ2v) is 8.38. The van der Waals surface area contributed by atoms with Crippen molar-refractivity contribution in [3.05, 3.63) is 104 Å². The number of nitrogens with zero attached hydrogens (tertiary/aromatic N) is 4. The third-order valence-electron chi connectivity index (χ3n) is 5.25. The molecule has 5 aromatic rings. The summed E-state index contributed by atoms with van der Waals surface area (Å²) in [6.45, 7) is 0.00174. The number of rotatable bonds is 5. The van der Waals surface area contributed by atoms with Crippen molar-refractivity contribution < 1.29 is 17.7 Å². The Morgan fingerprint density at radius 3 is 2.35 bits per heavy atom. The maximum atomic E-state index is 13.3. The number of hydrogen-bond acceptors (Lipinski definition) is 6. The summed E-state index contributed by atoms with van der Waals surface area (Å²) in [6.07, 6.45) is -4.45. The number of benzene rings is 2. The summed E-state index contributed by atoms with van der Waals surface area (Å²) in [5.41, 5.74) is -0.123. The lowest BCUT2D eigenvalue weighted by Gasteiger charge is -2.10. The van der Waals surface area contributed by atoms with E-state index in [1.54, 1.807) is 11.4 Å². The highest BCUT2D eigenvalue weighted by atomic mass is 32.1. The smallest absolute Gasteiger partial charge is 0.337 e. The summed E-state index contributed by atoms with van der Waals surface area (Å²) >= 11 is 1.23. The lowest BCUT2D eigenvalue weighted by atomic mass is 10.1. The Morgan fingerprint density at radius 1 is 0.912 bits per heavy atom. The molecule has 11 heteroatoms. The number of halogens is 3. The first-order valence-corrected chi connectivity index (χ1v) is 10.9. The minimum atomic E-state index is -4.45. The standard InChI is InChI=1S/C23H15F3N4O3S/c24-23(25,26)16-8-6-15(7-9-16)20-27-18(33-28-20)13-29-17-10-11-34-19(17)21(31)30(22(29)32)12-14-4-2-1-3-5-14/h1-11H,12-13H2. The van der Waals surface area contributed by atoms with Gasteiger partial charge in [-0.3, -0.25) is 13.9 Å². The predicted octanol–water partition coefficient (Wildman–Crippen LogP) is 4.39. The molecule has 0 N–H and O–H groups in total. The molecule has 0 aliphatic carbocycles. The lowest BCUT2D eigenvalue weighted by molar-refractivity contribution is -0.137. The summed E-state index contributed by atoms with van der Waals surface area (Å²) in [4.78, 5) is 30.4. The van der Waals surface area contributed by atoms with Crippen LogP contribution in [0.1, 0.15) is 17.0 Å². The molecular formula is C23H15F3N4O3S. The fourth-order valence-corrected chi connectivity index (χ4v) is 4.41. The van der Waals surface area contributed by atoms with Crippen molar-refractivity contribution in [2.24, 2.45) is 0 Å². The van der Waals surface area contributed by atoms with E-state index >= 15 is 0 Å². The minimum Gasteiger partial charge on any atom is -0.337 e. The van der Waals surface area contributed by atoms with Gasteiger partial charge in [0.05, 0.1) is 17.6 Å². The van der Waals surface area contributed by atoms with E-state index in [1.165, 1.54) is 28.0 Å². The van der Waals surface area contributed by atoms with Gasteiger partial charge in [-0.2, -0.15) is 18.2 Å². The van der Waals surface area contributed by atoms with Crippen molar-refractivity contribution in [1.82, 2.24) is 19.3 Å². The molecule has 34 heavy (non-hydrogen) atoms. The van der Waals surface area contributed by atoms with E-state index < -0.39 is 17.4 Å². The van der Waals surface area contributed by atoms with Gasteiger partial charge in [0.2, 0.25) is 11.7 Å². The third kappa shape index (κ3) is 4.05. The fourth-order valence-electron chi connectivity index (χ4n) is 3.57. The molecule has 0 saturated carbocycles. The molecule has 2 aromatic carbocycles. The summed E-state index contributed by atoms with van der Waals surface area (Å²) in [6, 6.07) is 15.2. The van der Waals surface area contributed by atoms with Gasteiger partial charge in [0.1, 0.15) is 11.2 Å². The van der Waals surface area contributed by atoms with Gasteiger partial charge in [-0.05, 0) is 29.1 Å². The monoisotopic (exact) mass is 484 g/mol. The molecule has 3 heterocycles. The summed E-state index contributed by atoms with van der Waals surface area (Å²) < 4.78 is 46.6. The van der Waals surface area contributed by atoms with Gasteiger partial charge in [0, 0.05) is 5.56 Å². The highest BCUT2D eigenvalue weighted by molar-refractivity contribution is 7.17. The second-order valence-electron chi connectivity index (χ2n) is 7.47. The van der Waals surface area contributed by atoms with E-state index in [2.05, 4.69) is 10.1 Å². The first kappa shape index (κ1) is 21.8. The Balaban J connectivity index is 1.50. The van der Waals surface area contributed by atoms with E-state index in [9.17, 15) is 22.8 Å². The van der Waals surface area contributed by atoms with Crippen LogP contribution < -0.4 is 11.2 Å². The summed E-state index contributed by atoms with van der Waals surface area (Å²) in [5.74, 6) is 0.172. The molecule has 0 atom stereocenters. The first-order valence-electron chi connectivity index (χ1n) is 10.1. The number of thiophene rings is 1. The Kier molecular flexibility index (Phi) is 5.40. The van der Waals surface area contributed by atoms with E-state index in [4.69, 9.17) is 4.52 Å². The zero-order chi connectivity index (χ0) is 23.9. The molecule has 0 fully saturated rings. The van der Waals surface area contributed by atoms with Gasteiger partial charge >= 0.3 is 11.9 Å². The molecular weight excluding hydrogens is 469 g/mol. The minimum absolute atomic E-state index is 0.0782. The SMILES string of the molecule is O=c1c2sccc2n(Cc2nc(-c3ccc(C(F)(F)F)cc3)no2)c(=O)n1Cc1ccccc1. The molecule has 0 aliphatic heterocycles. The van der Waals surface area contributed by atoms with E-state index in [0.717, 1.165) is 22.3 Å². The Bertz CT molecular complexity index is 1580. The van der Waals surface area contributed by atoms with Gasteiger partial charge in [-0.1, -0.05) is 47.6 Å². The molecule has 3 aromatic heterocycles. The molecule has 0 radical (unpaired) electrons. The topological polar surface area (TPSA) is 82.9 Å². The molecule has 0 unspecified atom stereocenters. The fraction of sp³-hybridized carbons (Fsp3) is 0.130. The van der Waals surface area contributed by atoms with Crippen LogP contribution in [0.2, 0.25) is 0 Å². The van der Waals surface area contributed by atoms with Crippen molar-refractivity contribution in [2.75, 3.05) is 0 Å². The van der Waals surface area contributed by atoms with Crippen LogP contribution in [0.4, 0.5) is 13.2 Å².